The van der Waals surface area contributed by atoms with Crippen molar-refractivity contribution in [1.29, 1.82) is 0 Å². The van der Waals surface area contributed by atoms with Gasteiger partial charge in [-0.15, -0.1) is 0 Å². The van der Waals surface area contributed by atoms with Crippen molar-refractivity contribution in [2.24, 2.45) is 5.41 Å². The van der Waals surface area contributed by atoms with Crippen LogP contribution in [-0.2, 0) is 11.3 Å². The number of aromatic amines is 1. The first-order valence-electron chi connectivity index (χ1n) is 4.56. The standard InChI is InChI=1S/C9H16N4O/c1-6-11-7(13-12-6)5-10-8(14)9(2,3)4/h5H2,1-4H3,(H,10,14)(H,11,12,13). The number of carbonyl (C=O) groups is 1. The molecule has 1 aromatic heterocycles. The van der Waals surface area contributed by atoms with Gasteiger partial charge in [-0.2, -0.15) is 5.10 Å². The van der Waals surface area contributed by atoms with Crippen LogP contribution in [0.25, 0.3) is 0 Å². The van der Waals surface area contributed by atoms with Gasteiger partial charge < -0.3 is 5.32 Å². The molecular weight excluding hydrogens is 180 g/mol. The maximum absolute atomic E-state index is 11.5. The normalized spacial score (nSPS) is 11.4. The minimum absolute atomic E-state index is 0.0000435. The van der Waals surface area contributed by atoms with Crippen molar-refractivity contribution in [3.05, 3.63) is 11.6 Å². The van der Waals surface area contributed by atoms with Crippen LogP contribution in [0.1, 0.15) is 32.4 Å². The largest absolute Gasteiger partial charge is 0.348 e. The zero-order valence-electron chi connectivity index (χ0n) is 9.01. The van der Waals surface area contributed by atoms with Crippen molar-refractivity contribution in [1.82, 2.24) is 20.5 Å². The van der Waals surface area contributed by atoms with E-state index < -0.39 is 0 Å². The fraction of sp³-hybridized carbons (Fsp3) is 0.667. The minimum atomic E-state index is -0.370. The molecule has 0 unspecified atom stereocenters. The Kier molecular flexibility index (Phi) is 2.88. The van der Waals surface area contributed by atoms with E-state index in [9.17, 15) is 4.79 Å². The van der Waals surface area contributed by atoms with Gasteiger partial charge in [0.15, 0.2) is 5.82 Å². The molecule has 5 heteroatoms. The van der Waals surface area contributed by atoms with Gasteiger partial charge in [0.1, 0.15) is 5.82 Å². The molecular formula is C9H16N4O. The van der Waals surface area contributed by atoms with E-state index in [-0.39, 0.29) is 11.3 Å². The number of aryl methyl sites for hydroxylation is 1. The van der Waals surface area contributed by atoms with Crippen LogP contribution in [0.15, 0.2) is 0 Å². The lowest BCUT2D eigenvalue weighted by Gasteiger charge is -2.16. The van der Waals surface area contributed by atoms with E-state index in [2.05, 4.69) is 20.5 Å². The zero-order chi connectivity index (χ0) is 10.8. The molecule has 2 N–H and O–H groups in total. The van der Waals surface area contributed by atoms with Crippen molar-refractivity contribution >= 4 is 5.91 Å². The maximum atomic E-state index is 11.5. The van der Waals surface area contributed by atoms with Crippen LogP contribution >= 0.6 is 0 Å². The topological polar surface area (TPSA) is 70.7 Å². The number of hydrogen-bond acceptors (Lipinski definition) is 3. The third-order valence-electron chi connectivity index (χ3n) is 1.73. The average Bonchev–Trinajstić information content (AvgIpc) is 2.45. The summed E-state index contributed by atoms with van der Waals surface area (Å²) >= 11 is 0. The lowest BCUT2D eigenvalue weighted by atomic mass is 9.96. The molecule has 1 heterocycles. The SMILES string of the molecule is Cc1nc(CNC(=O)C(C)(C)C)n[nH]1. The quantitative estimate of drug-likeness (QED) is 0.734. The number of aromatic nitrogens is 3. The number of H-pyrrole nitrogens is 1. The molecule has 0 fully saturated rings. The van der Waals surface area contributed by atoms with Crippen LogP contribution in [0.4, 0.5) is 0 Å². The summed E-state index contributed by atoms with van der Waals surface area (Å²) in [6, 6.07) is 0. The molecule has 0 radical (unpaired) electrons. The molecule has 0 saturated carbocycles. The molecule has 1 aromatic rings. The fourth-order valence-corrected chi connectivity index (χ4v) is 0.893. The first-order chi connectivity index (χ1) is 6.39. The van der Waals surface area contributed by atoms with Crippen molar-refractivity contribution in [3.8, 4) is 0 Å². The summed E-state index contributed by atoms with van der Waals surface area (Å²) in [5, 5.41) is 9.41. The number of rotatable bonds is 2. The Balaban J connectivity index is 2.46. The second kappa shape index (κ2) is 3.77. The molecule has 1 rings (SSSR count). The van der Waals surface area contributed by atoms with Crippen LogP contribution in [0, 0.1) is 12.3 Å². The molecule has 5 nitrogen and oxygen atoms in total. The van der Waals surface area contributed by atoms with Gasteiger partial charge in [-0.05, 0) is 6.92 Å². The summed E-state index contributed by atoms with van der Waals surface area (Å²) in [5.41, 5.74) is -0.370. The van der Waals surface area contributed by atoms with Crippen LogP contribution in [0.3, 0.4) is 0 Å². The molecule has 1 amide bonds. The van der Waals surface area contributed by atoms with Gasteiger partial charge in [-0.25, -0.2) is 4.98 Å². The van der Waals surface area contributed by atoms with Crippen LogP contribution in [0.2, 0.25) is 0 Å². The highest BCUT2D eigenvalue weighted by Crippen LogP contribution is 2.12. The third kappa shape index (κ3) is 2.83. The van der Waals surface area contributed by atoms with Gasteiger partial charge in [-0.3, -0.25) is 9.89 Å². The van der Waals surface area contributed by atoms with Crippen LogP contribution in [0.5, 0.6) is 0 Å². The molecule has 0 bridgehead atoms. The molecule has 14 heavy (non-hydrogen) atoms. The predicted molar refractivity (Wildman–Crippen MR) is 52.4 cm³/mol. The van der Waals surface area contributed by atoms with E-state index in [1.165, 1.54) is 0 Å². The van der Waals surface area contributed by atoms with Gasteiger partial charge in [0, 0.05) is 5.41 Å². The molecule has 0 aliphatic heterocycles. The summed E-state index contributed by atoms with van der Waals surface area (Å²) in [7, 11) is 0. The van der Waals surface area contributed by atoms with Crippen molar-refractivity contribution in [3.63, 3.8) is 0 Å². The van der Waals surface area contributed by atoms with E-state index in [4.69, 9.17) is 0 Å². The van der Waals surface area contributed by atoms with E-state index in [0.29, 0.717) is 12.4 Å². The Morgan fingerprint density at radius 1 is 1.50 bits per heavy atom. The van der Waals surface area contributed by atoms with E-state index in [1.807, 2.05) is 27.7 Å². The molecule has 0 aliphatic rings. The first kappa shape index (κ1) is 10.7. The van der Waals surface area contributed by atoms with Crippen molar-refractivity contribution in [2.75, 3.05) is 0 Å². The lowest BCUT2D eigenvalue weighted by Crippen LogP contribution is -2.34. The van der Waals surface area contributed by atoms with E-state index in [1.54, 1.807) is 0 Å². The number of nitrogens with one attached hydrogen (secondary N) is 2. The maximum Gasteiger partial charge on any atom is 0.225 e. The number of hydrogen-bond donors (Lipinski definition) is 2. The predicted octanol–water partition coefficient (Wildman–Crippen LogP) is 0.775. The highest BCUT2D eigenvalue weighted by Gasteiger charge is 2.20. The van der Waals surface area contributed by atoms with Gasteiger partial charge in [-0.1, -0.05) is 20.8 Å². The lowest BCUT2D eigenvalue weighted by molar-refractivity contribution is -0.128. The average molecular weight is 196 g/mol. The Hall–Kier alpha value is -1.39. The highest BCUT2D eigenvalue weighted by molar-refractivity contribution is 5.81. The molecule has 78 valence electrons. The number of nitrogens with zero attached hydrogens (tertiary/aromatic N) is 2. The Labute approximate surface area is 83.3 Å². The monoisotopic (exact) mass is 196 g/mol. The molecule has 0 aliphatic carbocycles. The van der Waals surface area contributed by atoms with Crippen molar-refractivity contribution in [2.45, 2.75) is 34.2 Å². The summed E-state index contributed by atoms with van der Waals surface area (Å²) in [4.78, 5) is 15.6. The summed E-state index contributed by atoms with van der Waals surface area (Å²) in [6.07, 6.45) is 0. The van der Waals surface area contributed by atoms with Gasteiger partial charge >= 0.3 is 0 Å². The number of amides is 1. The van der Waals surface area contributed by atoms with Gasteiger partial charge in [0.25, 0.3) is 0 Å². The third-order valence-corrected chi connectivity index (χ3v) is 1.73. The van der Waals surface area contributed by atoms with Gasteiger partial charge in [0.2, 0.25) is 5.91 Å². The van der Waals surface area contributed by atoms with Crippen LogP contribution in [-0.4, -0.2) is 21.1 Å². The zero-order valence-corrected chi connectivity index (χ0v) is 9.01. The smallest absolute Gasteiger partial charge is 0.225 e. The molecule has 0 saturated heterocycles. The number of carbonyl (C=O) groups excluding carboxylic acids is 1. The fourth-order valence-electron chi connectivity index (χ4n) is 0.893. The van der Waals surface area contributed by atoms with E-state index in [0.717, 1.165) is 5.82 Å². The van der Waals surface area contributed by atoms with E-state index >= 15 is 0 Å². The molecule has 0 aromatic carbocycles. The summed E-state index contributed by atoms with van der Waals surface area (Å²) in [5.74, 6) is 1.37. The first-order valence-corrected chi connectivity index (χ1v) is 4.56. The van der Waals surface area contributed by atoms with Crippen LogP contribution < -0.4 is 5.32 Å². The Morgan fingerprint density at radius 2 is 2.14 bits per heavy atom. The summed E-state index contributed by atoms with van der Waals surface area (Å²) in [6.45, 7) is 7.80. The second-order valence-electron chi connectivity index (χ2n) is 4.27. The Bertz CT molecular complexity index is 324. The second-order valence-corrected chi connectivity index (χ2v) is 4.27. The summed E-state index contributed by atoms with van der Waals surface area (Å²) < 4.78 is 0. The molecule has 0 spiro atoms. The molecule has 0 atom stereocenters. The minimum Gasteiger partial charge on any atom is -0.348 e. The van der Waals surface area contributed by atoms with Crippen molar-refractivity contribution < 1.29 is 4.79 Å². The Morgan fingerprint density at radius 3 is 2.57 bits per heavy atom. The van der Waals surface area contributed by atoms with Gasteiger partial charge in [0.05, 0.1) is 6.54 Å². The highest BCUT2D eigenvalue weighted by atomic mass is 16.2.